The maximum Gasteiger partial charge on any atom is 3.00 e. The van der Waals surface area contributed by atoms with Crippen LogP contribution < -0.4 is 24.8 Å². The first-order chi connectivity index (χ1) is 9.65. The Kier molecular flexibility index (Phi) is 13.8. The fourth-order valence-corrected chi connectivity index (χ4v) is 3.72. The van der Waals surface area contributed by atoms with Gasteiger partial charge in [-0.2, -0.15) is 5.57 Å². The van der Waals surface area contributed by atoms with E-state index in [4.69, 9.17) is 5.11 Å². The summed E-state index contributed by atoms with van der Waals surface area (Å²) in [5, 5.41) is 7.91. The number of hydrogen-bond donors (Lipinski definition) is 1. The van der Waals surface area contributed by atoms with Crippen molar-refractivity contribution in [2.45, 2.75) is 71.6 Å². The Labute approximate surface area is 168 Å². The summed E-state index contributed by atoms with van der Waals surface area (Å²) in [6.45, 7) is 4.26. The number of rotatable bonds is 2. The van der Waals surface area contributed by atoms with Gasteiger partial charge in [0, 0.05) is 6.42 Å². The van der Waals surface area contributed by atoms with E-state index < -0.39 is 5.97 Å². The van der Waals surface area contributed by atoms with Crippen molar-refractivity contribution in [1.29, 1.82) is 0 Å². The SMILES string of the molecule is CC1C2=C(CCC[CH-]2)C2=C1CCCC2.CCCC(=O)O.[Cl-].[Cl-].[Ti+3]. The number of halogens is 2. The molecule has 2 nitrogen and oxygen atoms in total. The summed E-state index contributed by atoms with van der Waals surface area (Å²) >= 11 is 0. The number of carbonyl (C=O) groups is 1. The van der Waals surface area contributed by atoms with Crippen molar-refractivity contribution >= 4 is 5.97 Å². The van der Waals surface area contributed by atoms with Gasteiger partial charge in [0.05, 0.1) is 0 Å². The Morgan fingerprint density at radius 1 is 1.13 bits per heavy atom. The first kappa shape index (κ1) is 25.4. The molecule has 0 aromatic carbocycles. The third-order valence-corrected chi connectivity index (χ3v) is 4.67. The molecule has 0 fully saturated rings. The fraction of sp³-hybridized carbons (Fsp3) is 0.667. The van der Waals surface area contributed by atoms with Crippen molar-refractivity contribution in [1.82, 2.24) is 0 Å². The Balaban J connectivity index is 0. The monoisotopic (exact) mass is 393 g/mol. The van der Waals surface area contributed by atoms with Gasteiger partial charge in [-0.3, -0.25) is 4.79 Å². The van der Waals surface area contributed by atoms with Crippen LogP contribution >= 0.6 is 0 Å². The molecule has 3 aliphatic rings. The summed E-state index contributed by atoms with van der Waals surface area (Å²) in [6.07, 6.45) is 13.3. The molecular weight excluding hydrogens is 367 g/mol. The van der Waals surface area contributed by atoms with E-state index in [1.807, 2.05) is 6.92 Å². The quantitative estimate of drug-likeness (QED) is 0.486. The van der Waals surface area contributed by atoms with Crippen LogP contribution in [-0.2, 0) is 26.5 Å². The largest absolute Gasteiger partial charge is 3.00 e. The minimum atomic E-state index is -0.711. The van der Waals surface area contributed by atoms with E-state index in [0.717, 1.165) is 12.3 Å². The standard InChI is InChI=1S/C14H19.C4H8O2.2ClH.Ti/c1-10-11-6-2-4-8-13(11)14-9-5-3-7-12(10)14;1-2-3-4(5)6;;;/h6,10H,2-5,7-9H2,1H3;2-3H2,1H3,(H,5,6);2*1H;/q-1;;;;+3/p-2. The second-order valence-corrected chi connectivity index (χ2v) is 6.11. The van der Waals surface area contributed by atoms with Crippen LogP contribution in [0.15, 0.2) is 22.3 Å². The molecule has 1 N–H and O–H groups in total. The van der Waals surface area contributed by atoms with Gasteiger partial charge in [-0.1, -0.05) is 38.7 Å². The Bertz CT molecular complexity index is 412. The number of hydrogen-bond acceptors (Lipinski definition) is 1. The van der Waals surface area contributed by atoms with Crippen molar-refractivity contribution < 1.29 is 56.4 Å². The van der Waals surface area contributed by atoms with Gasteiger partial charge in [0.2, 0.25) is 0 Å². The van der Waals surface area contributed by atoms with Gasteiger partial charge in [0.1, 0.15) is 0 Å². The van der Waals surface area contributed by atoms with Crippen molar-refractivity contribution in [2.24, 2.45) is 5.92 Å². The van der Waals surface area contributed by atoms with E-state index in [9.17, 15) is 4.79 Å². The zero-order chi connectivity index (χ0) is 14.5. The summed E-state index contributed by atoms with van der Waals surface area (Å²) in [4.78, 5) is 9.60. The predicted octanol–water partition coefficient (Wildman–Crippen LogP) is -0.932. The number of aliphatic carboxylic acids is 1. The van der Waals surface area contributed by atoms with Crippen LogP contribution in [0, 0.1) is 12.3 Å². The molecule has 1 atom stereocenters. The number of allylic oxidation sites excluding steroid dienone is 4. The van der Waals surface area contributed by atoms with Crippen LogP contribution in [0.1, 0.15) is 71.6 Å². The average Bonchev–Trinajstić information content (AvgIpc) is 2.74. The summed E-state index contributed by atoms with van der Waals surface area (Å²) in [7, 11) is 0. The van der Waals surface area contributed by atoms with Crippen molar-refractivity contribution in [2.75, 3.05) is 0 Å². The second-order valence-electron chi connectivity index (χ2n) is 6.11. The van der Waals surface area contributed by atoms with Gasteiger partial charge in [-0.05, 0) is 31.6 Å². The van der Waals surface area contributed by atoms with Gasteiger partial charge in [-0.25, -0.2) is 12.0 Å². The molecule has 1 unspecified atom stereocenters. The number of carboxylic acids is 1. The first-order valence-electron chi connectivity index (χ1n) is 8.15. The topological polar surface area (TPSA) is 37.3 Å². The van der Waals surface area contributed by atoms with E-state index >= 15 is 0 Å². The molecule has 1 radical (unpaired) electrons. The molecule has 0 amide bonds. The van der Waals surface area contributed by atoms with Gasteiger partial charge in [0.25, 0.3) is 0 Å². The normalized spacial score (nSPS) is 21.2. The molecule has 0 heterocycles. The zero-order valence-corrected chi connectivity index (χ0v) is 17.2. The Morgan fingerprint density at radius 3 is 2.30 bits per heavy atom. The van der Waals surface area contributed by atoms with Gasteiger partial charge in [0.15, 0.2) is 0 Å². The number of carboxylic acid groups (broad SMARTS) is 1. The first-order valence-corrected chi connectivity index (χ1v) is 8.15. The molecule has 0 bridgehead atoms. The summed E-state index contributed by atoms with van der Waals surface area (Å²) in [6, 6.07) is 0. The third kappa shape index (κ3) is 6.50. The van der Waals surface area contributed by atoms with E-state index in [0.29, 0.717) is 6.42 Å². The van der Waals surface area contributed by atoms with E-state index in [1.165, 1.54) is 44.9 Å². The maximum absolute atomic E-state index is 9.60. The van der Waals surface area contributed by atoms with Crippen molar-refractivity contribution in [3.63, 3.8) is 0 Å². The molecular formula is C18H27Cl2O2Ti. The van der Waals surface area contributed by atoms with Crippen LogP contribution in [0.5, 0.6) is 0 Å². The van der Waals surface area contributed by atoms with Crippen LogP contribution in [0.25, 0.3) is 0 Å². The molecule has 23 heavy (non-hydrogen) atoms. The molecule has 0 spiro atoms. The fourth-order valence-electron chi connectivity index (χ4n) is 3.72. The Morgan fingerprint density at radius 2 is 1.74 bits per heavy atom. The molecule has 0 aromatic heterocycles. The van der Waals surface area contributed by atoms with E-state index in [1.54, 1.807) is 22.3 Å². The zero-order valence-electron chi connectivity index (χ0n) is 14.1. The van der Waals surface area contributed by atoms with Crippen LogP contribution in [0.2, 0.25) is 0 Å². The summed E-state index contributed by atoms with van der Waals surface area (Å²) < 4.78 is 0. The molecule has 0 aliphatic heterocycles. The average molecular weight is 394 g/mol. The maximum atomic E-state index is 9.60. The van der Waals surface area contributed by atoms with Gasteiger partial charge >= 0.3 is 27.7 Å². The smallest absolute Gasteiger partial charge is 1.00 e. The second kappa shape index (κ2) is 12.5. The van der Waals surface area contributed by atoms with Crippen molar-refractivity contribution in [3.05, 3.63) is 28.7 Å². The van der Waals surface area contributed by atoms with Crippen LogP contribution in [0.3, 0.4) is 0 Å². The minimum Gasteiger partial charge on any atom is -1.00 e. The van der Waals surface area contributed by atoms with Crippen LogP contribution in [-0.4, -0.2) is 11.1 Å². The summed E-state index contributed by atoms with van der Waals surface area (Å²) in [5.41, 5.74) is 7.07. The molecule has 0 saturated carbocycles. The van der Waals surface area contributed by atoms with E-state index in [2.05, 4.69) is 13.3 Å². The van der Waals surface area contributed by atoms with E-state index in [-0.39, 0.29) is 46.5 Å². The molecule has 3 aliphatic carbocycles. The minimum absolute atomic E-state index is 0. The Hall–Kier alpha value is 0.114. The predicted molar refractivity (Wildman–Crippen MR) is 82.4 cm³/mol. The molecule has 0 saturated heterocycles. The van der Waals surface area contributed by atoms with Gasteiger partial charge in [-0.15, -0.1) is 12.0 Å². The third-order valence-electron chi connectivity index (χ3n) is 4.67. The molecule has 129 valence electrons. The number of fused-ring (bicyclic) bond motifs is 1. The molecule has 3 rings (SSSR count). The van der Waals surface area contributed by atoms with Crippen molar-refractivity contribution in [3.8, 4) is 0 Å². The summed E-state index contributed by atoms with van der Waals surface area (Å²) in [5.74, 6) is 0.0677. The van der Waals surface area contributed by atoms with Gasteiger partial charge < -0.3 is 29.9 Å². The molecule has 5 heteroatoms. The van der Waals surface area contributed by atoms with Crippen LogP contribution in [0.4, 0.5) is 0 Å². The molecule has 0 aromatic rings.